The molecule has 1 heterocycles. The monoisotopic (exact) mass is 484 g/mol. The molecule has 2 aliphatic carbocycles. The van der Waals surface area contributed by atoms with Crippen LogP contribution < -0.4 is 14.8 Å². The van der Waals surface area contributed by atoms with E-state index in [0.717, 1.165) is 56.2 Å². The largest absolute Gasteiger partial charge is 0.497 e. The number of hydrogen-bond donors (Lipinski definition) is 1. The minimum atomic E-state index is -0.738. The van der Waals surface area contributed by atoms with Gasteiger partial charge < -0.3 is 19.7 Å². The quantitative estimate of drug-likeness (QED) is 0.527. The third-order valence-electron chi connectivity index (χ3n) is 7.12. The lowest BCUT2D eigenvalue weighted by atomic mass is 9.94. The van der Waals surface area contributed by atoms with Crippen LogP contribution in [0.5, 0.6) is 11.5 Å². The number of nitrogens with one attached hydrogen (secondary N) is 1. The number of benzene rings is 1. The molecule has 2 saturated carbocycles. The van der Waals surface area contributed by atoms with Crippen molar-refractivity contribution in [1.82, 2.24) is 10.2 Å². The number of amides is 2. The van der Waals surface area contributed by atoms with Gasteiger partial charge in [0.2, 0.25) is 11.8 Å². The second-order valence-electron chi connectivity index (χ2n) is 9.35. The fraction of sp³-hybridized carbons (Fsp3) is 0.556. The zero-order chi connectivity index (χ0) is 23.9. The molecule has 4 rings (SSSR count). The van der Waals surface area contributed by atoms with E-state index in [0.29, 0.717) is 23.5 Å². The van der Waals surface area contributed by atoms with Crippen molar-refractivity contribution in [1.29, 1.82) is 0 Å². The third kappa shape index (κ3) is 5.74. The lowest BCUT2D eigenvalue weighted by Crippen LogP contribution is -2.50. The molecule has 1 aromatic heterocycles. The molecule has 34 heavy (non-hydrogen) atoms. The molecule has 6 nitrogen and oxygen atoms in total. The number of carbonyl (C=O) groups is 2. The highest BCUT2D eigenvalue weighted by Crippen LogP contribution is 2.38. The van der Waals surface area contributed by atoms with Crippen molar-refractivity contribution in [2.24, 2.45) is 0 Å². The summed E-state index contributed by atoms with van der Waals surface area (Å²) in [6, 6.07) is 8.93. The van der Waals surface area contributed by atoms with Crippen LogP contribution in [0.1, 0.15) is 74.3 Å². The van der Waals surface area contributed by atoms with Gasteiger partial charge in [-0.05, 0) is 49.3 Å². The third-order valence-corrected chi connectivity index (χ3v) is 8.00. The van der Waals surface area contributed by atoms with E-state index in [2.05, 4.69) is 5.32 Å². The molecule has 184 valence electrons. The molecule has 0 spiro atoms. The van der Waals surface area contributed by atoms with E-state index in [1.54, 1.807) is 31.6 Å². The van der Waals surface area contributed by atoms with E-state index >= 15 is 0 Å². The van der Waals surface area contributed by atoms with Gasteiger partial charge in [0, 0.05) is 28.6 Å². The standard InChI is InChI=1S/C27H36N2O4S/c1-32-21-14-15-23(24(17-21)33-2)26(27(31)28-19-9-4-3-5-10-19)29(20-11-6-7-12-20)25(30)18-22-13-8-16-34-22/h8,13-17,19-20,26H,3-7,9-12,18H2,1-2H3,(H,28,31). The number of ether oxygens (including phenoxy) is 2. The minimum Gasteiger partial charge on any atom is -0.497 e. The van der Waals surface area contributed by atoms with Gasteiger partial charge in [0.25, 0.3) is 0 Å². The van der Waals surface area contributed by atoms with Crippen molar-refractivity contribution in [3.8, 4) is 11.5 Å². The van der Waals surface area contributed by atoms with Crippen LogP contribution in [0.4, 0.5) is 0 Å². The summed E-state index contributed by atoms with van der Waals surface area (Å²) in [7, 11) is 3.21. The maximum Gasteiger partial charge on any atom is 0.247 e. The molecular weight excluding hydrogens is 448 g/mol. The fourth-order valence-electron chi connectivity index (χ4n) is 5.38. The Hall–Kier alpha value is -2.54. The van der Waals surface area contributed by atoms with Crippen LogP contribution in [0.15, 0.2) is 35.7 Å². The van der Waals surface area contributed by atoms with Crippen molar-refractivity contribution in [2.45, 2.75) is 82.3 Å². The Bertz CT molecular complexity index is 950. The fourth-order valence-corrected chi connectivity index (χ4v) is 6.08. The Kier molecular flexibility index (Phi) is 8.48. The van der Waals surface area contributed by atoms with E-state index in [1.807, 2.05) is 34.5 Å². The predicted octanol–water partition coefficient (Wildman–Crippen LogP) is 5.27. The summed E-state index contributed by atoms with van der Waals surface area (Å²) in [5.74, 6) is 1.11. The average Bonchev–Trinajstić information content (AvgIpc) is 3.57. The zero-order valence-corrected chi connectivity index (χ0v) is 21.1. The summed E-state index contributed by atoms with van der Waals surface area (Å²) in [6.45, 7) is 0. The zero-order valence-electron chi connectivity index (χ0n) is 20.3. The van der Waals surface area contributed by atoms with Crippen LogP contribution in [-0.2, 0) is 16.0 Å². The minimum absolute atomic E-state index is 0.00369. The maximum absolute atomic E-state index is 14.0. The summed E-state index contributed by atoms with van der Waals surface area (Å²) >= 11 is 1.58. The van der Waals surface area contributed by atoms with Gasteiger partial charge >= 0.3 is 0 Å². The van der Waals surface area contributed by atoms with Gasteiger partial charge in [-0.1, -0.05) is 38.2 Å². The Labute approximate surface area is 206 Å². The molecule has 1 atom stereocenters. The lowest BCUT2D eigenvalue weighted by molar-refractivity contribution is -0.143. The topological polar surface area (TPSA) is 67.9 Å². The van der Waals surface area contributed by atoms with Crippen molar-refractivity contribution >= 4 is 23.2 Å². The average molecular weight is 485 g/mol. The Morgan fingerprint density at radius 1 is 1.03 bits per heavy atom. The van der Waals surface area contributed by atoms with Gasteiger partial charge in [0.15, 0.2) is 0 Å². The predicted molar refractivity (Wildman–Crippen MR) is 134 cm³/mol. The number of thiophene rings is 1. The molecule has 0 radical (unpaired) electrons. The highest BCUT2D eigenvalue weighted by molar-refractivity contribution is 7.10. The lowest BCUT2D eigenvalue weighted by Gasteiger charge is -2.37. The SMILES string of the molecule is COc1ccc(C(C(=O)NC2CCCCC2)N(C(=O)Cc2cccs2)C2CCCC2)c(OC)c1. The first kappa shape index (κ1) is 24.6. The van der Waals surface area contributed by atoms with E-state index in [9.17, 15) is 9.59 Å². The second kappa shape index (κ2) is 11.7. The Morgan fingerprint density at radius 2 is 1.76 bits per heavy atom. The number of hydrogen-bond acceptors (Lipinski definition) is 5. The molecule has 1 unspecified atom stereocenters. The number of nitrogens with zero attached hydrogens (tertiary/aromatic N) is 1. The molecule has 0 saturated heterocycles. The molecule has 1 aromatic carbocycles. The molecule has 2 aliphatic rings. The summed E-state index contributed by atoms with van der Waals surface area (Å²) in [5.41, 5.74) is 0.711. The van der Waals surface area contributed by atoms with Crippen LogP contribution in [-0.4, -0.2) is 43.0 Å². The molecule has 2 amide bonds. The summed E-state index contributed by atoms with van der Waals surface area (Å²) in [5, 5.41) is 5.29. The van der Waals surface area contributed by atoms with E-state index in [-0.39, 0.29) is 23.9 Å². The Balaban J connectivity index is 1.72. The first-order valence-electron chi connectivity index (χ1n) is 12.5. The number of rotatable bonds is 9. The first-order chi connectivity index (χ1) is 16.6. The maximum atomic E-state index is 14.0. The Morgan fingerprint density at radius 3 is 2.41 bits per heavy atom. The van der Waals surface area contributed by atoms with Gasteiger partial charge in [-0.3, -0.25) is 9.59 Å². The second-order valence-corrected chi connectivity index (χ2v) is 10.4. The molecule has 1 N–H and O–H groups in total. The van der Waals surface area contributed by atoms with E-state index in [1.165, 1.54) is 6.42 Å². The smallest absolute Gasteiger partial charge is 0.247 e. The van der Waals surface area contributed by atoms with Gasteiger partial charge in [-0.15, -0.1) is 11.3 Å². The van der Waals surface area contributed by atoms with Gasteiger partial charge in [0.1, 0.15) is 17.5 Å². The van der Waals surface area contributed by atoms with Crippen LogP contribution in [0.2, 0.25) is 0 Å². The normalized spacial score (nSPS) is 17.8. The van der Waals surface area contributed by atoms with Crippen LogP contribution in [0.3, 0.4) is 0 Å². The van der Waals surface area contributed by atoms with E-state index < -0.39 is 6.04 Å². The highest BCUT2D eigenvalue weighted by atomic mass is 32.1. The number of methoxy groups -OCH3 is 2. The van der Waals surface area contributed by atoms with Crippen LogP contribution in [0, 0.1) is 0 Å². The van der Waals surface area contributed by atoms with Crippen LogP contribution in [0.25, 0.3) is 0 Å². The molecule has 0 aliphatic heterocycles. The summed E-state index contributed by atoms with van der Waals surface area (Å²) < 4.78 is 11.1. The highest BCUT2D eigenvalue weighted by Gasteiger charge is 2.39. The molecule has 7 heteroatoms. The van der Waals surface area contributed by atoms with Gasteiger partial charge in [-0.2, -0.15) is 0 Å². The number of carbonyl (C=O) groups excluding carboxylic acids is 2. The van der Waals surface area contributed by atoms with Crippen molar-refractivity contribution in [3.63, 3.8) is 0 Å². The molecule has 2 aromatic rings. The molecule has 2 fully saturated rings. The van der Waals surface area contributed by atoms with Crippen LogP contribution >= 0.6 is 11.3 Å². The summed E-state index contributed by atoms with van der Waals surface area (Å²) in [4.78, 5) is 30.7. The van der Waals surface area contributed by atoms with Crippen molar-refractivity contribution in [3.05, 3.63) is 46.2 Å². The van der Waals surface area contributed by atoms with E-state index in [4.69, 9.17) is 9.47 Å². The summed E-state index contributed by atoms with van der Waals surface area (Å²) in [6.07, 6.45) is 9.75. The van der Waals surface area contributed by atoms with Gasteiger partial charge in [-0.25, -0.2) is 0 Å². The first-order valence-corrected chi connectivity index (χ1v) is 13.3. The molecular formula is C27H36N2O4S. The van der Waals surface area contributed by atoms with Crippen molar-refractivity contribution < 1.29 is 19.1 Å². The van der Waals surface area contributed by atoms with Crippen molar-refractivity contribution in [2.75, 3.05) is 14.2 Å². The molecule has 0 bridgehead atoms. The van der Waals surface area contributed by atoms with Gasteiger partial charge in [0.05, 0.1) is 20.6 Å².